The minimum absolute atomic E-state index is 0.00273. The maximum Gasteiger partial charge on any atom is 0.243 e. The lowest BCUT2D eigenvalue weighted by Crippen LogP contribution is -2.61. The van der Waals surface area contributed by atoms with E-state index < -0.39 is 203 Å². The van der Waals surface area contributed by atoms with Crippen molar-refractivity contribution in [2.45, 2.75) is 346 Å². The van der Waals surface area contributed by atoms with Gasteiger partial charge < -0.3 is 136 Å². The number of unbranched alkanes of at least 4 members (excludes halogenated alkanes) is 6. The molecule has 3 aromatic carbocycles. The highest BCUT2D eigenvalue weighted by molar-refractivity contribution is 6.02. The standard InChI is InChI=1S/C101H167N25O17/c1-59(2)51-78(95(137)111-63(9)85(109)127)123-100(142)83(56-68-35-17-14-18-36-68)122-88(130)66(12)113-96(138)79(52-60(3)4)124-101(143)84(57-69-58-110-72-39-20-19-37-70(69)72)126-99(141)81(54-62(7)8)121-87(129)65(11)114-97(139)82(55-67-33-15-13-16-34-67)125-98(140)80(53-61(5)6)120-86(128)64(10)112-90(132)73(40-22-28-46-103)116-92(134)75(42-24-30-48-105)118-94(136)77(44-26-32-50-107)119-93(135)76(43-25-31-49-106)117-91(133)74(41-23-29-47-104)115-89(131)71(108)38-21-27-45-102/h13-20,33-37,39,58-66,71,73-84,110H,21-32,38,40-57,102-108H2,1-12H3,(H2,109,127)(H,111,137)(H,112,132)(H,113,138)(H,114,139)(H,115,131)(H,116,134)(H,117,133)(H,118,136)(H,119,135)(H,120,128)(H,121,129)(H,122,130)(H,123,142)(H,124,143)(H,125,140)(H,126,141)/t63-,64-,65-,66-,71-,73-,74-,75-,76-,77-,78-,79-,80-,81-,82-,83-,84-/m0/s1. The molecule has 143 heavy (non-hydrogen) atoms. The van der Waals surface area contributed by atoms with Crippen LogP contribution in [0.4, 0.5) is 0 Å². The number of amides is 17. The molecule has 0 radical (unpaired) electrons. The van der Waals surface area contributed by atoms with Gasteiger partial charge in [-0.25, -0.2) is 0 Å². The van der Waals surface area contributed by atoms with E-state index in [1.54, 1.807) is 101 Å². The normalized spacial score (nSPS) is 15.0. The summed E-state index contributed by atoms with van der Waals surface area (Å²) >= 11 is 0. The Balaban J connectivity index is 1.59. The molecule has 42 heteroatoms. The molecular formula is C101H167N25O17. The Hall–Kier alpha value is -12.1. The lowest BCUT2D eigenvalue weighted by Gasteiger charge is -2.28. The molecule has 4 rings (SSSR count). The number of hydrogen-bond acceptors (Lipinski definition) is 24. The number of rotatable bonds is 71. The summed E-state index contributed by atoms with van der Waals surface area (Å²) in [5, 5.41) is 44.6. The van der Waals surface area contributed by atoms with Crippen LogP contribution in [0.1, 0.15) is 241 Å². The largest absolute Gasteiger partial charge is 0.368 e. The van der Waals surface area contributed by atoms with E-state index >= 15 is 9.59 Å². The third-order valence-corrected chi connectivity index (χ3v) is 24.2. The Morgan fingerprint density at radius 2 is 0.469 bits per heavy atom. The topological polar surface area (TPSA) is 707 Å². The van der Waals surface area contributed by atoms with E-state index in [1.165, 1.54) is 27.7 Å². The molecule has 1 heterocycles. The van der Waals surface area contributed by atoms with E-state index in [-0.39, 0.29) is 127 Å². The van der Waals surface area contributed by atoms with E-state index in [4.69, 9.17) is 45.9 Å². The van der Waals surface area contributed by atoms with Crippen molar-refractivity contribution < 1.29 is 81.5 Å². The number of nitrogens with one attached hydrogen (secondary N) is 17. The summed E-state index contributed by atoms with van der Waals surface area (Å²) in [5.74, 6) is -14.1. The maximum absolute atomic E-state index is 15.1. The highest BCUT2D eigenvalue weighted by Gasteiger charge is 2.40. The molecule has 0 spiro atoms. The van der Waals surface area contributed by atoms with Crippen LogP contribution in [0.3, 0.4) is 0 Å². The second-order valence-corrected chi connectivity index (χ2v) is 38.8. The fraction of sp³-hybridized carbons (Fsp3) is 0.634. The second-order valence-electron chi connectivity index (χ2n) is 38.8. The molecule has 4 aromatic rings. The highest BCUT2D eigenvalue weighted by Crippen LogP contribution is 2.22. The van der Waals surface area contributed by atoms with Gasteiger partial charge in [-0.2, -0.15) is 0 Å². The average Bonchev–Trinajstić information content (AvgIpc) is 1.69. The molecule has 42 nitrogen and oxygen atoms in total. The van der Waals surface area contributed by atoms with Crippen LogP contribution in [0.25, 0.3) is 10.9 Å². The Labute approximate surface area is 841 Å². The van der Waals surface area contributed by atoms with Gasteiger partial charge in [0.25, 0.3) is 0 Å². The van der Waals surface area contributed by atoms with Gasteiger partial charge in [-0.1, -0.05) is 141 Å². The first kappa shape index (κ1) is 123. The smallest absolute Gasteiger partial charge is 0.243 e. The summed E-state index contributed by atoms with van der Waals surface area (Å²) in [6.07, 6.45) is 7.56. The molecule has 0 aliphatic rings. The Morgan fingerprint density at radius 1 is 0.245 bits per heavy atom. The van der Waals surface area contributed by atoms with Crippen molar-refractivity contribution in [1.29, 1.82) is 0 Å². The molecule has 0 saturated carbocycles. The van der Waals surface area contributed by atoms with Gasteiger partial charge in [0.15, 0.2) is 0 Å². The van der Waals surface area contributed by atoms with Crippen LogP contribution in [0.15, 0.2) is 91.1 Å². The van der Waals surface area contributed by atoms with Gasteiger partial charge >= 0.3 is 0 Å². The average molecular weight is 2000 g/mol. The Kier molecular flexibility index (Phi) is 57.5. The van der Waals surface area contributed by atoms with Crippen LogP contribution in [-0.2, 0) is 101 Å². The van der Waals surface area contributed by atoms with Crippen molar-refractivity contribution in [2.24, 2.45) is 69.5 Å². The predicted molar refractivity (Wildman–Crippen MR) is 548 cm³/mol. The van der Waals surface area contributed by atoms with E-state index in [0.717, 1.165) is 0 Å². The number of nitrogens with two attached hydrogens (primary N) is 8. The zero-order chi connectivity index (χ0) is 106. The maximum atomic E-state index is 15.1. The summed E-state index contributed by atoms with van der Waals surface area (Å²) in [7, 11) is 0. The SMILES string of the molecule is CC(C)C[C@H](NC(=O)[C@H](C)NC(=O)[C@H](CCCCN)NC(=O)[C@H](CCCCN)NC(=O)[C@H](CCCCN)NC(=O)[C@H](CCCCN)NC(=O)[C@H](CCCCN)NC(=O)[C@@H](N)CCCCN)C(=O)N[C@@H](Cc1ccccc1)C(=O)N[C@@H](C)C(=O)N[C@@H](CC(C)C)C(=O)N[C@@H](Cc1c[nH]c2ccccc12)C(=O)N[C@@H](CC(C)C)C(=O)N[C@@H](C)C(=O)N[C@@H](Cc1ccccc1)C(=O)N[C@@H](CC(C)C)C(=O)N[C@@H](C)C(N)=O. The van der Waals surface area contributed by atoms with Gasteiger partial charge in [-0.15, -0.1) is 0 Å². The fourth-order valence-electron chi connectivity index (χ4n) is 16.0. The van der Waals surface area contributed by atoms with Crippen molar-refractivity contribution in [3.8, 4) is 0 Å². The van der Waals surface area contributed by atoms with Crippen molar-refractivity contribution >= 4 is 111 Å². The number of hydrogen-bond donors (Lipinski definition) is 25. The van der Waals surface area contributed by atoms with Gasteiger partial charge in [-0.05, 0) is 248 Å². The molecule has 0 fully saturated rings. The van der Waals surface area contributed by atoms with E-state index in [1.807, 2.05) is 45.9 Å². The van der Waals surface area contributed by atoms with Crippen LogP contribution in [0.2, 0.25) is 0 Å². The molecule has 0 aliphatic heterocycles. The summed E-state index contributed by atoms with van der Waals surface area (Å²) in [6, 6.07) is 2.83. The number of H-pyrrole nitrogens is 1. The van der Waals surface area contributed by atoms with Gasteiger partial charge in [0, 0.05) is 36.4 Å². The highest BCUT2D eigenvalue weighted by atomic mass is 16.2. The monoisotopic (exact) mass is 2000 g/mol. The molecule has 798 valence electrons. The quantitative estimate of drug-likeness (QED) is 0.0255. The van der Waals surface area contributed by atoms with Gasteiger partial charge in [0.05, 0.1) is 6.04 Å². The Morgan fingerprint density at radius 3 is 0.776 bits per heavy atom. The van der Waals surface area contributed by atoms with Crippen LogP contribution >= 0.6 is 0 Å². The van der Waals surface area contributed by atoms with E-state index in [0.29, 0.717) is 124 Å². The lowest BCUT2D eigenvalue weighted by atomic mass is 9.99. The molecular weight excluding hydrogens is 1840 g/mol. The molecule has 17 amide bonds. The molecule has 17 atom stereocenters. The molecule has 33 N–H and O–H groups in total. The first-order valence-electron chi connectivity index (χ1n) is 50.7. The van der Waals surface area contributed by atoms with Crippen molar-refractivity contribution in [2.75, 3.05) is 39.3 Å². The van der Waals surface area contributed by atoms with Crippen LogP contribution < -0.4 is 131 Å². The molecule has 0 saturated heterocycles. The van der Waals surface area contributed by atoms with Gasteiger partial charge in [0.2, 0.25) is 100 Å². The third kappa shape index (κ3) is 46.5. The van der Waals surface area contributed by atoms with Crippen molar-refractivity contribution in [3.05, 3.63) is 108 Å². The second kappa shape index (κ2) is 66.7. The number of benzene rings is 3. The zero-order valence-electron chi connectivity index (χ0n) is 85.8. The molecule has 0 aliphatic carbocycles. The predicted octanol–water partition coefficient (Wildman–Crippen LogP) is -0.197. The summed E-state index contributed by atoms with van der Waals surface area (Å²) in [6.45, 7) is 21.7. The Bertz CT molecular complexity index is 4660. The number of aromatic amines is 1. The van der Waals surface area contributed by atoms with Gasteiger partial charge in [-0.3, -0.25) is 81.5 Å². The number of primary amides is 1. The van der Waals surface area contributed by atoms with Crippen LogP contribution in [-0.4, -0.2) is 247 Å². The van der Waals surface area contributed by atoms with E-state index in [9.17, 15) is 71.9 Å². The number of carbonyl (C=O) groups is 17. The van der Waals surface area contributed by atoms with E-state index in [2.05, 4.69) is 90.1 Å². The van der Waals surface area contributed by atoms with Crippen LogP contribution in [0.5, 0.6) is 0 Å². The number of aromatic nitrogens is 1. The summed E-state index contributed by atoms with van der Waals surface area (Å²) < 4.78 is 0. The molecule has 0 bridgehead atoms. The zero-order valence-corrected chi connectivity index (χ0v) is 85.8. The molecule has 0 unspecified atom stereocenters. The molecule has 1 aromatic heterocycles. The van der Waals surface area contributed by atoms with Crippen molar-refractivity contribution in [1.82, 2.24) is 90.1 Å². The van der Waals surface area contributed by atoms with Crippen LogP contribution in [0, 0.1) is 23.7 Å². The van der Waals surface area contributed by atoms with Crippen molar-refractivity contribution in [3.63, 3.8) is 0 Å². The first-order valence-corrected chi connectivity index (χ1v) is 50.7. The minimum atomic E-state index is -1.44. The third-order valence-electron chi connectivity index (χ3n) is 24.2. The number of carbonyl (C=O) groups excluding carboxylic acids is 17. The summed E-state index contributed by atoms with van der Waals surface area (Å²) in [5.41, 5.74) is 49.2. The summed E-state index contributed by atoms with van der Waals surface area (Å²) in [4.78, 5) is 247. The first-order chi connectivity index (χ1) is 68.0. The number of para-hydroxylation sites is 1. The lowest BCUT2D eigenvalue weighted by molar-refractivity contribution is -0.136. The number of fused-ring (bicyclic) bond motifs is 1. The minimum Gasteiger partial charge on any atom is -0.368 e. The fourth-order valence-corrected chi connectivity index (χ4v) is 16.0. The van der Waals surface area contributed by atoms with Gasteiger partial charge in [0.1, 0.15) is 96.7 Å².